The van der Waals surface area contributed by atoms with Crippen LogP contribution in [0, 0.1) is 6.92 Å². The molecule has 0 amide bonds. The monoisotopic (exact) mass is 219 g/mol. The molecule has 4 heteroatoms. The largest absolute Gasteiger partial charge is 0.376 e. The Hall–Kier alpha value is -1.42. The van der Waals surface area contributed by atoms with Crippen molar-refractivity contribution in [3.63, 3.8) is 0 Å². The van der Waals surface area contributed by atoms with Gasteiger partial charge in [0.2, 0.25) is 0 Å². The quantitative estimate of drug-likeness (QED) is 0.862. The molecule has 0 bridgehead atoms. The molecule has 0 fully saturated rings. The van der Waals surface area contributed by atoms with Gasteiger partial charge in [0, 0.05) is 17.3 Å². The predicted molar refractivity (Wildman–Crippen MR) is 63.1 cm³/mol. The lowest BCUT2D eigenvalue weighted by Gasteiger charge is -2.14. The van der Waals surface area contributed by atoms with Crippen LogP contribution in [0.3, 0.4) is 0 Å². The van der Waals surface area contributed by atoms with Crippen LogP contribution in [-0.4, -0.2) is 9.97 Å². The number of pyridine rings is 1. The number of nitrogens with zero attached hydrogens (tertiary/aromatic N) is 2. The molecule has 0 saturated carbocycles. The maximum absolute atomic E-state index is 4.11. The Labute approximate surface area is 93.2 Å². The molecule has 1 N–H and O–H groups in total. The van der Waals surface area contributed by atoms with Gasteiger partial charge in [-0.3, -0.25) is 9.97 Å². The zero-order chi connectivity index (χ0) is 10.7. The van der Waals surface area contributed by atoms with Gasteiger partial charge in [-0.05, 0) is 25.5 Å². The summed E-state index contributed by atoms with van der Waals surface area (Å²) in [5.74, 6) is 0. The summed E-state index contributed by atoms with van der Waals surface area (Å²) in [6.07, 6.45) is 5.55. The van der Waals surface area contributed by atoms with E-state index in [1.54, 1.807) is 17.5 Å². The molecule has 0 aromatic carbocycles. The van der Waals surface area contributed by atoms with E-state index in [9.17, 15) is 0 Å². The van der Waals surface area contributed by atoms with Crippen LogP contribution in [0.25, 0.3) is 0 Å². The zero-order valence-electron chi connectivity index (χ0n) is 8.77. The van der Waals surface area contributed by atoms with E-state index >= 15 is 0 Å². The first kappa shape index (κ1) is 10.1. The highest BCUT2D eigenvalue weighted by Gasteiger charge is 2.07. The van der Waals surface area contributed by atoms with Gasteiger partial charge in [-0.15, -0.1) is 11.3 Å². The molecule has 2 rings (SSSR count). The van der Waals surface area contributed by atoms with Gasteiger partial charge >= 0.3 is 0 Å². The van der Waals surface area contributed by atoms with Crippen molar-refractivity contribution in [1.82, 2.24) is 9.97 Å². The van der Waals surface area contributed by atoms with Crippen molar-refractivity contribution in [2.45, 2.75) is 19.9 Å². The number of aryl methyl sites for hydroxylation is 1. The lowest BCUT2D eigenvalue weighted by atomic mass is 10.2. The maximum atomic E-state index is 4.11. The van der Waals surface area contributed by atoms with Crippen LogP contribution >= 0.6 is 11.3 Å². The molecule has 2 aromatic heterocycles. The molecule has 0 aliphatic rings. The number of rotatable bonds is 3. The van der Waals surface area contributed by atoms with Crippen LogP contribution in [-0.2, 0) is 0 Å². The van der Waals surface area contributed by atoms with E-state index in [-0.39, 0.29) is 6.04 Å². The van der Waals surface area contributed by atoms with E-state index in [0.29, 0.717) is 0 Å². The molecule has 78 valence electrons. The Bertz CT molecular complexity index is 425. The molecular formula is C11H13N3S. The highest BCUT2D eigenvalue weighted by Crippen LogP contribution is 2.23. The van der Waals surface area contributed by atoms with Crippen molar-refractivity contribution >= 4 is 17.0 Å². The predicted octanol–water partition coefficient (Wildman–Crippen LogP) is 3.02. The average molecular weight is 219 g/mol. The minimum absolute atomic E-state index is 0.278. The van der Waals surface area contributed by atoms with Crippen LogP contribution < -0.4 is 5.32 Å². The number of hydrogen-bond donors (Lipinski definition) is 1. The average Bonchev–Trinajstić information content (AvgIpc) is 2.74. The topological polar surface area (TPSA) is 37.8 Å². The van der Waals surface area contributed by atoms with Gasteiger partial charge in [0.25, 0.3) is 0 Å². The summed E-state index contributed by atoms with van der Waals surface area (Å²) in [5.41, 5.74) is 4.14. The first-order valence-electron chi connectivity index (χ1n) is 4.83. The molecule has 2 aromatic rings. The fourth-order valence-corrected chi connectivity index (χ4v) is 1.99. The first-order valence-corrected chi connectivity index (χ1v) is 5.71. The van der Waals surface area contributed by atoms with E-state index < -0.39 is 0 Å². The third-order valence-electron chi connectivity index (χ3n) is 2.29. The first-order chi connectivity index (χ1) is 7.27. The van der Waals surface area contributed by atoms with Gasteiger partial charge in [-0.2, -0.15) is 0 Å². The number of thiazole rings is 1. The van der Waals surface area contributed by atoms with Crippen molar-refractivity contribution in [3.05, 3.63) is 40.6 Å². The second kappa shape index (κ2) is 4.40. The minimum Gasteiger partial charge on any atom is -0.376 e. The maximum Gasteiger partial charge on any atom is 0.0795 e. The van der Waals surface area contributed by atoms with Crippen molar-refractivity contribution < 1.29 is 0 Å². The van der Waals surface area contributed by atoms with Gasteiger partial charge in [-0.25, -0.2) is 0 Å². The van der Waals surface area contributed by atoms with E-state index in [1.165, 1.54) is 10.4 Å². The highest BCUT2D eigenvalue weighted by atomic mass is 32.1. The lowest BCUT2D eigenvalue weighted by Crippen LogP contribution is -2.06. The van der Waals surface area contributed by atoms with E-state index in [1.807, 2.05) is 24.0 Å². The zero-order valence-corrected chi connectivity index (χ0v) is 9.58. The summed E-state index contributed by atoms with van der Waals surface area (Å²) in [7, 11) is 0. The lowest BCUT2D eigenvalue weighted by molar-refractivity contribution is 0.898. The summed E-state index contributed by atoms with van der Waals surface area (Å²) < 4.78 is 0. The SMILES string of the molecule is Cc1ccncc1NC(C)c1cncs1. The molecule has 0 aliphatic carbocycles. The minimum atomic E-state index is 0.278. The molecule has 15 heavy (non-hydrogen) atoms. The molecule has 1 unspecified atom stereocenters. The Morgan fingerprint density at radius 2 is 2.20 bits per heavy atom. The molecule has 0 aliphatic heterocycles. The second-order valence-electron chi connectivity index (χ2n) is 3.46. The van der Waals surface area contributed by atoms with E-state index in [2.05, 4.69) is 29.1 Å². The van der Waals surface area contributed by atoms with Gasteiger partial charge in [0.05, 0.1) is 23.4 Å². The van der Waals surface area contributed by atoms with Gasteiger partial charge in [0.1, 0.15) is 0 Å². The number of anilines is 1. The molecule has 1 atom stereocenters. The fraction of sp³-hybridized carbons (Fsp3) is 0.273. The van der Waals surface area contributed by atoms with Gasteiger partial charge in [0.15, 0.2) is 0 Å². The smallest absolute Gasteiger partial charge is 0.0795 e. The molecule has 0 saturated heterocycles. The van der Waals surface area contributed by atoms with Gasteiger partial charge in [-0.1, -0.05) is 0 Å². The standard InChI is InChI=1S/C11H13N3S/c1-8-3-4-12-5-10(8)14-9(2)11-6-13-7-15-11/h3-7,9,14H,1-2H3. The Kier molecular flexibility index (Phi) is 2.97. The molecular weight excluding hydrogens is 206 g/mol. The summed E-state index contributed by atoms with van der Waals surface area (Å²) in [4.78, 5) is 9.41. The third kappa shape index (κ3) is 2.33. The van der Waals surface area contributed by atoms with Crippen LogP contribution in [0.5, 0.6) is 0 Å². The summed E-state index contributed by atoms with van der Waals surface area (Å²) in [6, 6.07) is 2.28. The molecule has 0 radical (unpaired) electrons. The Morgan fingerprint density at radius 1 is 1.33 bits per heavy atom. The summed E-state index contributed by atoms with van der Waals surface area (Å²) in [5, 5.41) is 3.42. The molecule has 3 nitrogen and oxygen atoms in total. The highest BCUT2D eigenvalue weighted by molar-refractivity contribution is 7.09. The van der Waals surface area contributed by atoms with Crippen LogP contribution in [0.2, 0.25) is 0 Å². The van der Waals surface area contributed by atoms with E-state index in [4.69, 9.17) is 0 Å². The fourth-order valence-electron chi connectivity index (χ4n) is 1.36. The second-order valence-corrected chi connectivity index (χ2v) is 4.38. The molecule has 0 spiro atoms. The Balaban J connectivity index is 2.13. The van der Waals surface area contributed by atoms with Crippen molar-refractivity contribution in [2.75, 3.05) is 5.32 Å². The van der Waals surface area contributed by atoms with Gasteiger partial charge < -0.3 is 5.32 Å². The summed E-state index contributed by atoms with van der Waals surface area (Å²) in [6.45, 7) is 4.20. The number of nitrogens with one attached hydrogen (secondary N) is 1. The Morgan fingerprint density at radius 3 is 2.87 bits per heavy atom. The van der Waals surface area contributed by atoms with Crippen molar-refractivity contribution in [3.8, 4) is 0 Å². The van der Waals surface area contributed by atoms with Crippen LogP contribution in [0.1, 0.15) is 23.4 Å². The third-order valence-corrected chi connectivity index (χ3v) is 3.25. The van der Waals surface area contributed by atoms with Crippen LogP contribution in [0.4, 0.5) is 5.69 Å². The van der Waals surface area contributed by atoms with Crippen molar-refractivity contribution in [2.24, 2.45) is 0 Å². The number of aromatic nitrogens is 2. The normalized spacial score (nSPS) is 12.4. The van der Waals surface area contributed by atoms with Crippen molar-refractivity contribution in [1.29, 1.82) is 0 Å². The summed E-state index contributed by atoms with van der Waals surface area (Å²) >= 11 is 1.66. The van der Waals surface area contributed by atoms with E-state index in [0.717, 1.165) is 5.69 Å². The molecule has 2 heterocycles. The number of hydrogen-bond acceptors (Lipinski definition) is 4. The van der Waals surface area contributed by atoms with Crippen LogP contribution in [0.15, 0.2) is 30.2 Å².